The number of ether oxygens (including phenoxy) is 1. The van der Waals surface area contributed by atoms with E-state index >= 15 is 0 Å². The van der Waals surface area contributed by atoms with E-state index in [0.717, 1.165) is 28.8 Å². The number of alkyl halides is 1. The van der Waals surface area contributed by atoms with Gasteiger partial charge in [0.25, 0.3) is 0 Å². The molecule has 0 N–H and O–H groups in total. The third kappa shape index (κ3) is 4.10. The smallest absolute Gasteiger partial charge is 0.131 e. The molecule has 100 valence electrons. The van der Waals surface area contributed by atoms with E-state index in [1.54, 1.807) is 0 Å². The molecule has 0 aromatic heterocycles. The first-order valence-corrected chi connectivity index (χ1v) is 7.86. The third-order valence-electron chi connectivity index (χ3n) is 3.09. The lowest BCUT2D eigenvalue weighted by molar-refractivity contribution is 0.478. The maximum absolute atomic E-state index is 5.93. The number of unbranched alkanes of at least 4 members (excludes halogenated alkanes) is 1. The molecule has 19 heavy (non-hydrogen) atoms. The number of aryl methyl sites for hydroxylation is 1. The molecule has 0 unspecified atom stereocenters. The molecule has 0 radical (unpaired) electrons. The first-order chi connectivity index (χ1) is 9.33. The van der Waals surface area contributed by atoms with E-state index in [-0.39, 0.29) is 0 Å². The Morgan fingerprint density at radius 2 is 1.74 bits per heavy atom. The van der Waals surface area contributed by atoms with Crippen LogP contribution in [0.25, 0.3) is 0 Å². The lowest BCUT2D eigenvalue weighted by Crippen LogP contribution is -1.90. The molecule has 1 nitrogen and oxygen atoms in total. The zero-order chi connectivity index (χ0) is 13.5. The van der Waals surface area contributed by atoms with Gasteiger partial charge >= 0.3 is 0 Å². The molecule has 0 amide bonds. The second-order valence-corrected chi connectivity index (χ2v) is 5.15. The van der Waals surface area contributed by atoms with Crippen LogP contribution in [0.5, 0.6) is 11.5 Å². The van der Waals surface area contributed by atoms with Gasteiger partial charge in [-0.05, 0) is 36.6 Å². The van der Waals surface area contributed by atoms with Crippen molar-refractivity contribution in [2.24, 2.45) is 0 Å². The Kier molecular flexibility index (Phi) is 5.46. The molecule has 0 saturated heterocycles. The zero-order valence-electron chi connectivity index (χ0n) is 11.2. The average molecular weight is 319 g/mol. The van der Waals surface area contributed by atoms with Gasteiger partial charge in [-0.15, -0.1) is 0 Å². The highest BCUT2D eigenvalue weighted by Crippen LogP contribution is 2.27. The van der Waals surface area contributed by atoms with Crippen LogP contribution in [-0.4, -0.2) is 0 Å². The molecule has 2 aromatic rings. The van der Waals surface area contributed by atoms with E-state index < -0.39 is 0 Å². The van der Waals surface area contributed by atoms with E-state index in [1.807, 2.05) is 18.2 Å². The van der Waals surface area contributed by atoms with Crippen molar-refractivity contribution in [3.63, 3.8) is 0 Å². The van der Waals surface area contributed by atoms with Crippen LogP contribution in [0.3, 0.4) is 0 Å². The van der Waals surface area contributed by atoms with E-state index in [2.05, 4.69) is 53.2 Å². The fraction of sp³-hybridized carbons (Fsp3) is 0.294. The molecule has 0 aliphatic rings. The number of halogens is 1. The van der Waals surface area contributed by atoms with Gasteiger partial charge in [-0.25, -0.2) is 0 Å². The summed E-state index contributed by atoms with van der Waals surface area (Å²) in [5, 5.41) is 0.803. The highest BCUT2D eigenvalue weighted by molar-refractivity contribution is 9.08. The van der Waals surface area contributed by atoms with Gasteiger partial charge in [0, 0.05) is 10.9 Å². The Labute approximate surface area is 123 Å². The van der Waals surface area contributed by atoms with E-state index in [0.29, 0.717) is 0 Å². The van der Waals surface area contributed by atoms with Gasteiger partial charge in [-0.3, -0.25) is 0 Å². The van der Waals surface area contributed by atoms with Crippen molar-refractivity contribution < 1.29 is 4.74 Å². The van der Waals surface area contributed by atoms with Crippen LogP contribution in [0.1, 0.15) is 30.9 Å². The summed E-state index contributed by atoms with van der Waals surface area (Å²) < 4.78 is 5.93. The van der Waals surface area contributed by atoms with Crippen molar-refractivity contribution >= 4 is 15.9 Å². The minimum absolute atomic E-state index is 0.803. The highest BCUT2D eigenvalue weighted by atomic mass is 79.9. The van der Waals surface area contributed by atoms with Crippen LogP contribution in [0.4, 0.5) is 0 Å². The molecule has 0 atom stereocenters. The van der Waals surface area contributed by atoms with Crippen LogP contribution in [0.2, 0.25) is 0 Å². The van der Waals surface area contributed by atoms with Crippen LogP contribution >= 0.6 is 15.9 Å². The maximum atomic E-state index is 5.93. The lowest BCUT2D eigenvalue weighted by Gasteiger charge is -2.10. The van der Waals surface area contributed by atoms with Gasteiger partial charge in [0.05, 0.1) is 0 Å². The summed E-state index contributed by atoms with van der Waals surface area (Å²) in [5.74, 6) is 1.81. The molecular formula is C17H19BrO. The summed E-state index contributed by atoms with van der Waals surface area (Å²) >= 11 is 3.48. The predicted molar refractivity (Wildman–Crippen MR) is 84.2 cm³/mol. The second kappa shape index (κ2) is 7.34. The van der Waals surface area contributed by atoms with Gasteiger partial charge in [0.2, 0.25) is 0 Å². The Bertz CT molecular complexity index is 505. The quantitative estimate of drug-likeness (QED) is 0.619. The fourth-order valence-electron chi connectivity index (χ4n) is 1.95. The first-order valence-electron chi connectivity index (χ1n) is 6.74. The van der Waals surface area contributed by atoms with Crippen LogP contribution in [0, 0.1) is 0 Å². The standard InChI is InChI=1S/C17H19BrO/c1-2-3-6-14-9-11-16(12-10-14)19-17-8-5-4-7-15(17)13-18/h4-5,7-12H,2-3,6,13H2,1H3. The second-order valence-electron chi connectivity index (χ2n) is 4.59. The first kappa shape index (κ1) is 14.1. The molecule has 0 heterocycles. The van der Waals surface area contributed by atoms with Crippen LogP contribution in [-0.2, 0) is 11.8 Å². The summed E-state index contributed by atoms with van der Waals surface area (Å²) in [6.07, 6.45) is 3.62. The van der Waals surface area contributed by atoms with Crippen molar-refractivity contribution in [3.8, 4) is 11.5 Å². The number of benzene rings is 2. The lowest BCUT2D eigenvalue weighted by atomic mass is 10.1. The Balaban J connectivity index is 2.06. The molecule has 0 aliphatic heterocycles. The molecule has 0 saturated carbocycles. The summed E-state index contributed by atoms with van der Waals surface area (Å²) in [6, 6.07) is 16.5. The minimum Gasteiger partial charge on any atom is -0.457 e. The van der Waals surface area contributed by atoms with Crippen molar-refractivity contribution in [1.29, 1.82) is 0 Å². The summed E-state index contributed by atoms with van der Waals surface area (Å²) in [5.41, 5.74) is 2.54. The Morgan fingerprint density at radius 1 is 1.00 bits per heavy atom. The number of rotatable bonds is 6. The third-order valence-corrected chi connectivity index (χ3v) is 3.69. The molecule has 0 aliphatic carbocycles. The van der Waals surface area contributed by atoms with Gasteiger partial charge in [0.15, 0.2) is 0 Å². The molecule has 0 spiro atoms. The van der Waals surface area contributed by atoms with Crippen molar-refractivity contribution in [2.75, 3.05) is 0 Å². The fourth-order valence-corrected chi connectivity index (χ4v) is 2.41. The van der Waals surface area contributed by atoms with Crippen molar-refractivity contribution in [3.05, 3.63) is 59.7 Å². The molecule has 0 bridgehead atoms. The largest absolute Gasteiger partial charge is 0.457 e. The highest BCUT2D eigenvalue weighted by Gasteiger charge is 2.03. The van der Waals surface area contributed by atoms with Crippen LogP contribution in [0.15, 0.2) is 48.5 Å². The minimum atomic E-state index is 0.803. The zero-order valence-corrected chi connectivity index (χ0v) is 12.8. The molecular weight excluding hydrogens is 300 g/mol. The predicted octanol–water partition coefficient (Wildman–Crippen LogP) is 5.72. The summed E-state index contributed by atoms with van der Waals surface area (Å²) in [7, 11) is 0. The van der Waals surface area contributed by atoms with Gasteiger partial charge in [-0.1, -0.05) is 59.6 Å². The van der Waals surface area contributed by atoms with E-state index in [1.165, 1.54) is 18.4 Å². The van der Waals surface area contributed by atoms with Crippen molar-refractivity contribution in [2.45, 2.75) is 31.5 Å². The average Bonchev–Trinajstić information content (AvgIpc) is 2.47. The molecule has 2 rings (SSSR count). The van der Waals surface area contributed by atoms with Crippen molar-refractivity contribution in [1.82, 2.24) is 0 Å². The Hall–Kier alpha value is -1.28. The van der Waals surface area contributed by atoms with Gasteiger partial charge in [-0.2, -0.15) is 0 Å². The monoisotopic (exact) mass is 318 g/mol. The van der Waals surface area contributed by atoms with E-state index in [9.17, 15) is 0 Å². The summed E-state index contributed by atoms with van der Waals surface area (Å²) in [4.78, 5) is 0. The van der Waals surface area contributed by atoms with Crippen LogP contribution < -0.4 is 4.74 Å². The SMILES string of the molecule is CCCCc1ccc(Oc2ccccc2CBr)cc1. The maximum Gasteiger partial charge on any atom is 0.131 e. The molecule has 2 aromatic carbocycles. The molecule has 2 heteroatoms. The number of para-hydroxylation sites is 1. The Morgan fingerprint density at radius 3 is 2.42 bits per heavy atom. The normalized spacial score (nSPS) is 10.4. The molecule has 0 fully saturated rings. The summed E-state index contributed by atoms with van der Waals surface area (Å²) in [6.45, 7) is 2.22. The van der Waals surface area contributed by atoms with E-state index in [4.69, 9.17) is 4.74 Å². The topological polar surface area (TPSA) is 9.23 Å². The van der Waals surface area contributed by atoms with Gasteiger partial charge in [0.1, 0.15) is 11.5 Å². The van der Waals surface area contributed by atoms with Gasteiger partial charge < -0.3 is 4.74 Å². The number of hydrogen-bond donors (Lipinski definition) is 0. The number of hydrogen-bond acceptors (Lipinski definition) is 1.